The summed E-state index contributed by atoms with van der Waals surface area (Å²) >= 11 is 0. The lowest BCUT2D eigenvalue weighted by Crippen LogP contribution is -2.35. The Bertz CT molecular complexity index is 1030. The zero-order valence-corrected chi connectivity index (χ0v) is 18.4. The Kier molecular flexibility index (Phi) is 7.98. The first kappa shape index (κ1) is 23.0. The van der Waals surface area contributed by atoms with Crippen LogP contribution in [0, 0.1) is 13.8 Å². The van der Waals surface area contributed by atoms with Crippen molar-refractivity contribution < 1.29 is 23.6 Å². The Balaban J connectivity index is 1.62. The minimum absolute atomic E-state index is 0.0478. The number of hydrogen-bond acceptors (Lipinski definition) is 7. The van der Waals surface area contributed by atoms with E-state index in [9.17, 15) is 9.59 Å². The van der Waals surface area contributed by atoms with Crippen molar-refractivity contribution in [2.24, 2.45) is 0 Å². The standard InChI is InChI=1S/C22H27N5O5/c1-16-21(17(2)32-25-16)15-27-14-19(12-23-27)24-22(29)26(7-8-28)13-18-5-4-6-20(11-18)31-10-9-30-3/h4-6,8,11-12,14H,7,9-10,13,15H2,1-3H3,(H,24,29). The van der Waals surface area contributed by atoms with Gasteiger partial charge in [-0.05, 0) is 31.5 Å². The van der Waals surface area contributed by atoms with E-state index in [4.69, 9.17) is 14.0 Å². The summed E-state index contributed by atoms with van der Waals surface area (Å²) in [6.07, 6.45) is 3.96. The molecule has 10 nitrogen and oxygen atoms in total. The topological polar surface area (TPSA) is 112 Å². The predicted molar refractivity (Wildman–Crippen MR) is 117 cm³/mol. The van der Waals surface area contributed by atoms with Crippen LogP contribution in [0.15, 0.2) is 41.2 Å². The minimum atomic E-state index is -0.403. The molecular formula is C22H27N5O5. The number of aromatic nitrogens is 3. The molecule has 0 unspecified atom stereocenters. The molecule has 0 fully saturated rings. The number of nitrogens with one attached hydrogen (secondary N) is 1. The summed E-state index contributed by atoms with van der Waals surface area (Å²) in [5.41, 5.74) is 3.11. The molecule has 170 valence electrons. The zero-order valence-electron chi connectivity index (χ0n) is 18.4. The monoisotopic (exact) mass is 441 g/mol. The first-order valence-corrected chi connectivity index (χ1v) is 10.1. The van der Waals surface area contributed by atoms with Crippen LogP contribution in [0.1, 0.15) is 22.6 Å². The first-order chi connectivity index (χ1) is 15.5. The molecule has 0 radical (unpaired) electrons. The van der Waals surface area contributed by atoms with Crippen molar-refractivity contribution >= 4 is 18.0 Å². The highest BCUT2D eigenvalue weighted by Gasteiger charge is 2.16. The van der Waals surface area contributed by atoms with E-state index in [1.807, 2.05) is 38.1 Å². The molecule has 32 heavy (non-hydrogen) atoms. The highest BCUT2D eigenvalue weighted by atomic mass is 16.5. The number of nitrogens with zero attached hydrogens (tertiary/aromatic N) is 4. The minimum Gasteiger partial charge on any atom is -0.491 e. The maximum atomic E-state index is 12.8. The van der Waals surface area contributed by atoms with Crippen LogP contribution in [-0.4, -0.2) is 59.0 Å². The number of ether oxygens (including phenoxy) is 2. The molecule has 3 aromatic rings. The fraction of sp³-hybridized carbons (Fsp3) is 0.364. The van der Waals surface area contributed by atoms with Gasteiger partial charge in [-0.2, -0.15) is 5.10 Å². The van der Waals surface area contributed by atoms with E-state index in [0.29, 0.717) is 37.5 Å². The average molecular weight is 441 g/mol. The highest BCUT2D eigenvalue weighted by Crippen LogP contribution is 2.17. The Morgan fingerprint density at radius 3 is 2.88 bits per heavy atom. The van der Waals surface area contributed by atoms with E-state index in [1.54, 1.807) is 24.2 Å². The van der Waals surface area contributed by atoms with Gasteiger partial charge >= 0.3 is 6.03 Å². The summed E-state index contributed by atoms with van der Waals surface area (Å²) in [6, 6.07) is 6.97. The van der Waals surface area contributed by atoms with Crippen molar-refractivity contribution in [2.75, 3.05) is 32.2 Å². The summed E-state index contributed by atoms with van der Waals surface area (Å²) in [4.78, 5) is 25.4. The number of hydrogen-bond donors (Lipinski definition) is 1. The van der Waals surface area contributed by atoms with Crippen LogP contribution in [-0.2, 0) is 22.6 Å². The Labute approximate surface area is 186 Å². The van der Waals surface area contributed by atoms with Gasteiger partial charge in [0.2, 0.25) is 0 Å². The van der Waals surface area contributed by atoms with E-state index in [2.05, 4.69) is 15.6 Å². The van der Waals surface area contributed by atoms with Crippen LogP contribution in [0.25, 0.3) is 0 Å². The molecule has 3 rings (SSSR count). The molecule has 0 aliphatic heterocycles. The van der Waals surface area contributed by atoms with Crippen molar-refractivity contribution in [2.45, 2.75) is 26.9 Å². The third-order valence-corrected chi connectivity index (χ3v) is 4.80. The number of aldehydes is 1. The summed E-state index contributed by atoms with van der Waals surface area (Å²) in [7, 11) is 1.61. The molecule has 0 spiro atoms. The van der Waals surface area contributed by atoms with Crippen LogP contribution in [0.3, 0.4) is 0 Å². The molecule has 0 aliphatic carbocycles. The quantitative estimate of drug-likeness (QED) is 0.360. The molecule has 10 heteroatoms. The molecule has 0 aliphatic rings. The van der Waals surface area contributed by atoms with Crippen LogP contribution in [0.4, 0.5) is 10.5 Å². The van der Waals surface area contributed by atoms with Gasteiger partial charge in [0.25, 0.3) is 0 Å². The molecular weight excluding hydrogens is 414 g/mol. The number of rotatable bonds is 11. The zero-order chi connectivity index (χ0) is 22.9. The maximum Gasteiger partial charge on any atom is 0.322 e. The molecule has 1 aromatic carbocycles. The second-order valence-corrected chi connectivity index (χ2v) is 7.20. The molecule has 1 N–H and O–H groups in total. The fourth-order valence-electron chi connectivity index (χ4n) is 3.11. The average Bonchev–Trinajstić information content (AvgIpc) is 3.35. The molecule has 2 heterocycles. The summed E-state index contributed by atoms with van der Waals surface area (Å²) in [5, 5.41) is 11.0. The van der Waals surface area contributed by atoms with E-state index in [-0.39, 0.29) is 13.1 Å². The summed E-state index contributed by atoms with van der Waals surface area (Å²) in [5.74, 6) is 1.40. The molecule has 2 aromatic heterocycles. The van der Waals surface area contributed by atoms with Gasteiger partial charge in [-0.25, -0.2) is 4.79 Å². The van der Waals surface area contributed by atoms with Gasteiger partial charge in [0.15, 0.2) is 0 Å². The SMILES string of the molecule is COCCOc1cccc(CN(CC=O)C(=O)Nc2cnn(Cc3c(C)noc3C)c2)c1. The van der Waals surface area contributed by atoms with E-state index in [0.717, 1.165) is 22.6 Å². The van der Waals surface area contributed by atoms with Crippen molar-refractivity contribution in [3.8, 4) is 5.75 Å². The van der Waals surface area contributed by atoms with Gasteiger partial charge in [-0.15, -0.1) is 0 Å². The van der Waals surface area contributed by atoms with Crippen LogP contribution < -0.4 is 10.1 Å². The van der Waals surface area contributed by atoms with Crippen LogP contribution >= 0.6 is 0 Å². The Hall–Kier alpha value is -3.66. The fourth-order valence-corrected chi connectivity index (χ4v) is 3.11. The Morgan fingerprint density at radius 1 is 1.31 bits per heavy atom. The number of methoxy groups -OCH3 is 1. The van der Waals surface area contributed by atoms with Gasteiger partial charge in [-0.3, -0.25) is 4.68 Å². The maximum absolute atomic E-state index is 12.8. The second kappa shape index (κ2) is 11.1. The number of anilines is 1. The van der Waals surface area contributed by atoms with Crippen LogP contribution in [0.5, 0.6) is 5.75 Å². The third kappa shape index (κ3) is 6.17. The lowest BCUT2D eigenvalue weighted by Gasteiger charge is -2.20. The lowest BCUT2D eigenvalue weighted by atomic mass is 10.2. The highest BCUT2D eigenvalue weighted by molar-refractivity contribution is 5.90. The van der Waals surface area contributed by atoms with E-state index in [1.165, 1.54) is 4.90 Å². The molecule has 0 saturated heterocycles. The molecule has 0 bridgehead atoms. The predicted octanol–water partition coefficient (Wildman–Crippen LogP) is 2.79. The smallest absolute Gasteiger partial charge is 0.322 e. The second-order valence-electron chi connectivity index (χ2n) is 7.20. The van der Waals surface area contributed by atoms with Crippen LogP contribution in [0.2, 0.25) is 0 Å². The van der Waals surface area contributed by atoms with E-state index < -0.39 is 6.03 Å². The van der Waals surface area contributed by atoms with Gasteiger partial charge in [-0.1, -0.05) is 17.3 Å². The largest absolute Gasteiger partial charge is 0.491 e. The lowest BCUT2D eigenvalue weighted by molar-refractivity contribution is -0.108. The number of benzene rings is 1. The molecule has 0 saturated carbocycles. The normalized spacial score (nSPS) is 10.7. The van der Waals surface area contributed by atoms with Crippen molar-refractivity contribution in [1.29, 1.82) is 0 Å². The first-order valence-electron chi connectivity index (χ1n) is 10.1. The number of carbonyl (C=O) groups excluding carboxylic acids is 2. The Morgan fingerprint density at radius 2 is 2.16 bits per heavy atom. The molecule has 2 amide bonds. The van der Waals surface area contributed by atoms with Gasteiger partial charge in [0.1, 0.15) is 24.4 Å². The van der Waals surface area contributed by atoms with Gasteiger partial charge in [0.05, 0.1) is 37.3 Å². The van der Waals surface area contributed by atoms with Crippen molar-refractivity contribution in [3.05, 3.63) is 59.2 Å². The number of carbonyl (C=O) groups is 2. The van der Waals surface area contributed by atoms with Crippen molar-refractivity contribution in [1.82, 2.24) is 19.8 Å². The van der Waals surface area contributed by atoms with Gasteiger partial charge in [0, 0.05) is 25.4 Å². The van der Waals surface area contributed by atoms with Gasteiger partial charge < -0.3 is 29.0 Å². The van der Waals surface area contributed by atoms with Crippen molar-refractivity contribution in [3.63, 3.8) is 0 Å². The number of urea groups is 1. The number of amides is 2. The third-order valence-electron chi connectivity index (χ3n) is 4.80. The summed E-state index contributed by atoms with van der Waals surface area (Å²) in [6.45, 7) is 5.30. The number of aryl methyl sites for hydroxylation is 2. The summed E-state index contributed by atoms with van der Waals surface area (Å²) < 4.78 is 17.5. The molecule has 0 atom stereocenters. The van der Waals surface area contributed by atoms with E-state index >= 15 is 0 Å².